The SMILES string of the molecule is CCOC1CCN(c2ccc(N)cc2S(=O)(=O)NC)CC1. The fourth-order valence-electron chi connectivity index (χ4n) is 2.62. The zero-order chi connectivity index (χ0) is 15.5. The highest BCUT2D eigenvalue weighted by Gasteiger charge is 2.25. The van der Waals surface area contributed by atoms with Gasteiger partial charge in [-0.1, -0.05) is 0 Å². The van der Waals surface area contributed by atoms with Crippen molar-refractivity contribution >= 4 is 21.4 Å². The van der Waals surface area contributed by atoms with E-state index in [0.29, 0.717) is 18.0 Å². The first-order chi connectivity index (χ1) is 9.97. The van der Waals surface area contributed by atoms with Gasteiger partial charge in [-0.05, 0) is 45.0 Å². The van der Waals surface area contributed by atoms with Crippen LogP contribution < -0.4 is 15.4 Å². The van der Waals surface area contributed by atoms with Crippen LogP contribution in [0.25, 0.3) is 0 Å². The quantitative estimate of drug-likeness (QED) is 0.798. The Morgan fingerprint density at radius 2 is 2.05 bits per heavy atom. The minimum Gasteiger partial charge on any atom is -0.399 e. The molecule has 21 heavy (non-hydrogen) atoms. The van der Waals surface area contributed by atoms with Crippen molar-refractivity contribution in [3.63, 3.8) is 0 Å². The van der Waals surface area contributed by atoms with Crippen molar-refractivity contribution < 1.29 is 13.2 Å². The molecule has 1 aliphatic rings. The third kappa shape index (κ3) is 3.66. The molecular weight excluding hydrogens is 290 g/mol. The molecule has 1 fully saturated rings. The fourth-order valence-corrected chi connectivity index (χ4v) is 3.60. The number of hydrogen-bond acceptors (Lipinski definition) is 5. The maximum Gasteiger partial charge on any atom is 0.242 e. The molecule has 1 heterocycles. The second-order valence-corrected chi connectivity index (χ2v) is 6.93. The Hall–Kier alpha value is -1.31. The lowest BCUT2D eigenvalue weighted by Gasteiger charge is -2.34. The summed E-state index contributed by atoms with van der Waals surface area (Å²) in [6, 6.07) is 5.02. The van der Waals surface area contributed by atoms with Gasteiger partial charge in [-0.2, -0.15) is 0 Å². The van der Waals surface area contributed by atoms with E-state index >= 15 is 0 Å². The highest BCUT2D eigenvalue weighted by molar-refractivity contribution is 7.89. The van der Waals surface area contributed by atoms with E-state index in [2.05, 4.69) is 9.62 Å². The number of nitrogen functional groups attached to an aromatic ring is 1. The number of rotatable bonds is 5. The van der Waals surface area contributed by atoms with Crippen LogP contribution in [0.4, 0.5) is 11.4 Å². The van der Waals surface area contributed by atoms with Gasteiger partial charge < -0.3 is 15.4 Å². The van der Waals surface area contributed by atoms with E-state index in [4.69, 9.17) is 10.5 Å². The van der Waals surface area contributed by atoms with Gasteiger partial charge in [-0.3, -0.25) is 0 Å². The van der Waals surface area contributed by atoms with Crippen molar-refractivity contribution in [2.75, 3.05) is 37.4 Å². The Labute approximate surface area is 126 Å². The number of ether oxygens (including phenoxy) is 1. The van der Waals surface area contributed by atoms with E-state index in [0.717, 1.165) is 25.9 Å². The minimum atomic E-state index is -3.53. The Kier molecular flexibility index (Phi) is 5.08. The number of anilines is 2. The zero-order valence-corrected chi connectivity index (χ0v) is 13.3. The summed E-state index contributed by atoms with van der Waals surface area (Å²) in [4.78, 5) is 2.32. The van der Waals surface area contributed by atoms with Gasteiger partial charge in [0.05, 0.1) is 11.8 Å². The summed E-state index contributed by atoms with van der Waals surface area (Å²) in [5, 5.41) is 0. The molecule has 0 spiro atoms. The van der Waals surface area contributed by atoms with Crippen molar-refractivity contribution in [1.29, 1.82) is 0 Å². The van der Waals surface area contributed by atoms with Crippen molar-refractivity contribution in [2.45, 2.75) is 30.8 Å². The fraction of sp³-hybridized carbons (Fsp3) is 0.571. The molecular formula is C14H23N3O3S. The van der Waals surface area contributed by atoms with Crippen molar-refractivity contribution in [1.82, 2.24) is 4.72 Å². The molecule has 1 aliphatic heterocycles. The summed E-state index contributed by atoms with van der Waals surface area (Å²) in [5.41, 5.74) is 6.88. The highest BCUT2D eigenvalue weighted by atomic mass is 32.2. The predicted molar refractivity (Wildman–Crippen MR) is 84.0 cm³/mol. The van der Waals surface area contributed by atoms with Gasteiger partial charge in [-0.25, -0.2) is 13.1 Å². The summed E-state index contributed by atoms with van der Waals surface area (Å²) >= 11 is 0. The van der Waals surface area contributed by atoms with Gasteiger partial charge in [0.15, 0.2) is 0 Å². The normalized spacial score (nSPS) is 17.1. The maximum absolute atomic E-state index is 12.2. The standard InChI is InChI=1S/C14H23N3O3S/c1-3-20-12-6-8-17(9-7-12)13-5-4-11(15)10-14(13)21(18,19)16-2/h4-5,10,12,16H,3,6-9,15H2,1-2H3. The molecule has 1 aromatic rings. The van der Waals surface area contributed by atoms with E-state index in [9.17, 15) is 8.42 Å². The van der Waals surface area contributed by atoms with Crippen LogP contribution in [0.3, 0.4) is 0 Å². The van der Waals surface area contributed by atoms with Gasteiger partial charge >= 0.3 is 0 Å². The molecule has 0 unspecified atom stereocenters. The average molecular weight is 313 g/mol. The van der Waals surface area contributed by atoms with Gasteiger partial charge in [-0.15, -0.1) is 0 Å². The van der Waals surface area contributed by atoms with Crippen LogP contribution in [0.2, 0.25) is 0 Å². The maximum atomic E-state index is 12.2. The summed E-state index contributed by atoms with van der Waals surface area (Å²) in [6.07, 6.45) is 2.07. The van der Waals surface area contributed by atoms with Crippen LogP contribution in [-0.4, -0.2) is 41.3 Å². The number of nitrogens with one attached hydrogen (secondary N) is 1. The number of sulfonamides is 1. The van der Waals surface area contributed by atoms with Crippen LogP contribution in [-0.2, 0) is 14.8 Å². The van der Waals surface area contributed by atoms with Crippen molar-refractivity contribution in [2.24, 2.45) is 0 Å². The van der Waals surface area contributed by atoms with Crippen LogP contribution in [0.1, 0.15) is 19.8 Å². The molecule has 0 aliphatic carbocycles. The molecule has 2 rings (SSSR count). The summed E-state index contributed by atoms with van der Waals surface area (Å²) in [7, 11) is -2.12. The van der Waals surface area contributed by atoms with Crippen LogP contribution in [0.15, 0.2) is 23.1 Å². The Morgan fingerprint density at radius 1 is 1.38 bits per heavy atom. The first-order valence-electron chi connectivity index (χ1n) is 7.17. The van der Waals surface area contributed by atoms with Gasteiger partial charge in [0.1, 0.15) is 4.90 Å². The number of hydrogen-bond donors (Lipinski definition) is 2. The van der Waals surface area contributed by atoms with E-state index in [1.807, 2.05) is 6.92 Å². The lowest BCUT2D eigenvalue weighted by molar-refractivity contribution is 0.0459. The first-order valence-corrected chi connectivity index (χ1v) is 8.66. The lowest BCUT2D eigenvalue weighted by atomic mass is 10.1. The Morgan fingerprint density at radius 3 is 2.62 bits per heavy atom. The zero-order valence-electron chi connectivity index (χ0n) is 12.5. The molecule has 7 heteroatoms. The number of benzene rings is 1. The van der Waals surface area contributed by atoms with Crippen molar-refractivity contribution in [3.05, 3.63) is 18.2 Å². The monoisotopic (exact) mass is 313 g/mol. The first kappa shape index (κ1) is 16.1. The molecule has 0 bridgehead atoms. The topological polar surface area (TPSA) is 84.7 Å². The number of nitrogens with two attached hydrogens (primary N) is 1. The second kappa shape index (κ2) is 6.64. The molecule has 3 N–H and O–H groups in total. The smallest absolute Gasteiger partial charge is 0.242 e. The van der Waals surface area contributed by atoms with Gasteiger partial charge in [0, 0.05) is 25.4 Å². The molecule has 6 nitrogen and oxygen atoms in total. The lowest BCUT2D eigenvalue weighted by Crippen LogP contribution is -2.38. The summed E-state index contributed by atoms with van der Waals surface area (Å²) < 4.78 is 32.3. The number of nitrogens with zero attached hydrogens (tertiary/aromatic N) is 1. The Balaban J connectivity index is 2.25. The van der Waals surface area contributed by atoms with Gasteiger partial charge in [0.25, 0.3) is 0 Å². The highest BCUT2D eigenvalue weighted by Crippen LogP contribution is 2.30. The second-order valence-electron chi connectivity index (χ2n) is 5.08. The molecule has 0 radical (unpaired) electrons. The van der Waals surface area contributed by atoms with Gasteiger partial charge in [0.2, 0.25) is 10.0 Å². The largest absolute Gasteiger partial charge is 0.399 e. The molecule has 118 valence electrons. The summed E-state index contributed by atoms with van der Waals surface area (Å²) in [6.45, 7) is 4.26. The molecule has 0 saturated carbocycles. The van der Waals surface area contributed by atoms with Crippen LogP contribution >= 0.6 is 0 Å². The molecule has 0 amide bonds. The summed E-state index contributed by atoms with van der Waals surface area (Å²) in [5.74, 6) is 0. The van der Waals surface area contributed by atoms with E-state index in [-0.39, 0.29) is 11.0 Å². The predicted octanol–water partition coefficient (Wildman–Crippen LogP) is 1.18. The van der Waals surface area contributed by atoms with E-state index in [1.165, 1.54) is 13.1 Å². The van der Waals surface area contributed by atoms with E-state index in [1.54, 1.807) is 12.1 Å². The van der Waals surface area contributed by atoms with E-state index < -0.39 is 10.0 Å². The van der Waals surface area contributed by atoms with Crippen LogP contribution in [0.5, 0.6) is 0 Å². The molecule has 1 saturated heterocycles. The third-order valence-corrected chi connectivity index (χ3v) is 5.17. The average Bonchev–Trinajstić information content (AvgIpc) is 2.48. The minimum absolute atomic E-state index is 0.236. The molecule has 1 aromatic carbocycles. The molecule has 0 atom stereocenters. The van der Waals surface area contributed by atoms with Crippen molar-refractivity contribution in [3.8, 4) is 0 Å². The third-order valence-electron chi connectivity index (χ3n) is 3.73. The molecule has 0 aromatic heterocycles. The number of piperidine rings is 1. The van der Waals surface area contributed by atoms with Crippen LogP contribution in [0, 0.1) is 0 Å². The Bertz CT molecular complexity index is 581.